The van der Waals surface area contributed by atoms with E-state index in [2.05, 4.69) is 0 Å². The van der Waals surface area contributed by atoms with E-state index in [0.29, 0.717) is 0 Å². The van der Waals surface area contributed by atoms with Crippen molar-refractivity contribution in [3.8, 4) is 5.75 Å². The van der Waals surface area contributed by atoms with Crippen LogP contribution in [0.2, 0.25) is 0 Å². The number of ether oxygens (including phenoxy) is 2. The molecule has 6 nitrogen and oxygen atoms in total. The van der Waals surface area contributed by atoms with Gasteiger partial charge in [0.15, 0.2) is 6.10 Å². The minimum Gasteiger partial charge on any atom is -0.497 e. The van der Waals surface area contributed by atoms with Crippen LogP contribution in [0.3, 0.4) is 0 Å². The predicted octanol–water partition coefficient (Wildman–Crippen LogP) is 0.851. The molecule has 3 N–H and O–H groups in total. The summed E-state index contributed by atoms with van der Waals surface area (Å²) in [6.07, 6.45) is -3.34. The molecule has 1 aromatic carbocycles. The van der Waals surface area contributed by atoms with Crippen molar-refractivity contribution < 1.29 is 23.8 Å². The summed E-state index contributed by atoms with van der Waals surface area (Å²) >= 11 is 0. The van der Waals surface area contributed by atoms with Gasteiger partial charge < -0.3 is 20.3 Å². The van der Waals surface area contributed by atoms with Crippen molar-refractivity contribution >= 4 is 6.09 Å². The largest absolute Gasteiger partial charge is 0.497 e. The van der Waals surface area contributed by atoms with Crippen LogP contribution in [0.15, 0.2) is 18.2 Å². The van der Waals surface area contributed by atoms with Crippen LogP contribution in [0.25, 0.3) is 0 Å². The first-order chi connectivity index (χ1) is 8.85. The molecule has 0 saturated heterocycles. The molecule has 0 aliphatic heterocycles. The van der Waals surface area contributed by atoms with Gasteiger partial charge in [0.25, 0.3) is 0 Å². The molecule has 7 heteroatoms. The zero-order valence-corrected chi connectivity index (χ0v) is 11.0. The third-order valence-electron chi connectivity index (χ3n) is 2.50. The maximum absolute atomic E-state index is 13.4. The van der Waals surface area contributed by atoms with Crippen molar-refractivity contribution in [3.05, 3.63) is 29.6 Å². The minimum atomic E-state index is -1.17. The van der Waals surface area contributed by atoms with E-state index in [1.165, 1.54) is 24.1 Å². The lowest BCUT2D eigenvalue weighted by Crippen LogP contribution is -2.37. The third kappa shape index (κ3) is 4.08. The number of likely N-dealkylation sites (N-methyl/N-ethyl adjacent to an activating group) is 1. The van der Waals surface area contributed by atoms with Crippen LogP contribution < -0.4 is 10.5 Å². The zero-order valence-electron chi connectivity index (χ0n) is 11.0. The lowest BCUT2D eigenvalue weighted by Gasteiger charge is -2.27. The number of hydrogen-bond donors (Lipinski definition) is 2. The molecule has 2 atom stereocenters. The summed E-state index contributed by atoms with van der Waals surface area (Å²) < 4.78 is 23.2. The molecule has 0 aliphatic rings. The first kappa shape index (κ1) is 15.2. The second-order valence-electron chi connectivity index (χ2n) is 4.16. The molecule has 0 radical (unpaired) electrons. The molecule has 1 aromatic rings. The number of carbonyl (C=O) groups excluding carboxylic acids is 1. The van der Waals surface area contributed by atoms with Crippen molar-refractivity contribution in [1.29, 1.82) is 0 Å². The van der Waals surface area contributed by atoms with Crippen molar-refractivity contribution in [3.63, 3.8) is 0 Å². The van der Waals surface area contributed by atoms with E-state index < -0.39 is 24.2 Å². The number of methoxy groups -OCH3 is 1. The fourth-order valence-electron chi connectivity index (χ4n) is 1.56. The SMILES string of the molecule is COc1cc(F)cc(C(OC(N)=O)C(O)N(C)C)c1. The van der Waals surface area contributed by atoms with Crippen molar-refractivity contribution in [2.45, 2.75) is 12.3 Å². The highest BCUT2D eigenvalue weighted by Gasteiger charge is 2.27. The van der Waals surface area contributed by atoms with E-state index >= 15 is 0 Å². The molecule has 0 spiro atoms. The topological polar surface area (TPSA) is 85.0 Å². The van der Waals surface area contributed by atoms with Gasteiger partial charge in [0.2, 0.25) is 0 Å². The van der Waals surface area contributed by atoms with Crippen molar-refractivity contribution in [2.24, 2.45) is 5.73 Å². The highest BCUT2D eigenvalue weighted by atomic mass is 19.1. The number of nitrogens with zero attached hydrogens (tertiary/aromatic N) is 1. The van der Waals surface area contributed by atoms with Gasteiger partial charge in [0.05, 0.1) is 7.11 Å². The van der Waals surface area contributed by atoms with Crippen LogP contribution in [0.5, 0.6) is 5.75 Å². The Bertz CT molecular complexity index is 453. The first-order valence-corrected chi connectivity index (χ1v) is 5.50. The zero-order chi connectivity index (χ0) is 14.6. The molecule has 106 valence electrons. The molecule has 0 aromatic heterocycles. The number of aliphatic hydroxyl groups is 1. The van der Waals surface area contributed by atoms with E-state index in [9.17, 15) is 14.3 Å². The average molecular weight is 272 g/mol. The number of carbonyl (C=O) groups is 1. The molecule has 1 rings (SSSR count). The van der Waals surface area contributed by atoms with E-state index in [1.807, 2.05) is 0 Å². The van der Waals surface area contributed by atoms with Crippen LogP contribution in [-0.4, -0.2) is 43.5 Å². The Kier molecular flexibility index (Phi) is 5.08. The molecule has 0 fully saturated rings. The van der Waals surface area contributed by atoms with E-state index in [4.69, 9.17) is 15.2 Å². The van der Waals surface area contributed by atoms with Gasteiger partial charge in [-0.3, -0.25) is 4.90 Å². The van der Waals surface area contributed by atoms with Gasteiger partial charge >= 0.3 is 6.09 Å². The molecular formula is C12H17FN2O4. The standard InChI is InChI=1S/C12H17FN2O4/c1-15(2)11(16)10(19-12(14)17)7-4-8(13)6-9(5-7)18-3/h4-6,10-11,16H,1-3H3,(H2,14,17). The summed E-state index contributed by atoms with van der Waals surface area (Å²) in [6.45, 7) is 0. The molecule has 0 heterocycles. The summed E-state index contributed by atoms with van der Waals surface area (Å²) in [6, 6.07) is 3.78. The Morgan fingerprint density at radius 1 is 1.42 bits per heavy atom. The number of rotatable bonds is 5. The third-order valence-corrected chi connectivity index (χ3v) is 2.50. The summed E-state index contributed by atoms with van der Waals surface area (Å²) in [5.41, 5.74) is 5.21. The monoisotopic (exact) mass is 272 g/mol. The van der Waals surface area contributed by atoms with Crippen LogP contribution in [-0.2, 0) is 4.74 Å². The molecule has 0 aliphatic carbocycles. The summed E-state index contributed by atoms with van der Waals surface area (Å²) in [5.74, 6) is -0.322. The molecule has 0 saturated carbocycles. The molecule has 0 bridgehead atoms. The van der Waals surface area contributed by atoms with Gasteiger partial charge in [-0.2, -0.15) is 0 Å². The highest BCUT2D eigenvalue weighted by molar-refractivity contribution is 5.65. The Morgan fingerprint density at radius 2 is 2.05 bits per heavy atom. The van der Waals surface area contributed by atoms with Crippen LogP contribution >= 0.6 is 0 Å². The molecular weight excluding hydrogens is 255 g/mol. The number of aliphatic hydroxyl groups excluding tert-OH is 1. The van der Waals surface area contributed by atoms with Gasteiger partial charge in [-0.25, -0.2) is 9.18 Å². The Labute approximate surface area is 110 Å². The lowest BCUT2D eigenvalue weighted by molar-refractivity contribution is -0.0673. The van der Waals surface area contributed by atoms with E-state index in [1.54, 1.807) is 14.1 Å². The maximum atomic E-state index is 13.4. The lowest BCUT2D eigenvalue weighted by atomic mass is 10.1. The normalized spacial score (nSPS) is 14.0. The fraction of sp³-hybridized carbons (Fsp3) is 0.417. The summed E-state index contributed by atoms with van der Waals surface area (Å²) in [4.78, 5) is 12.3. The Morgan fingerprint density at radius 3 is 2.53 bits per heavy atom. The molecule has 19 heavy (non-hydrogen) atoms. The molecule has 2 unspecified atom stereocenters. The Hall–Kier alpha value is -1.86. The van der Waals surface area contributed by atoms with Crippen LogP contribution in [0.1, 0.15) is 11.7 Å². The van der Waals surface area contributed by atoms with E-state index in [0.717, 1.165) is 6.07 Å². The summed E-state index contributed by atoms with van der Waals surface area (Å²) in [7, 11) is 4.54. The minimum absolute atomic E-state index is 0.247. The van der Waals surface area contributed by atoms with Crippen molar-refractivity contribution in [2.75, 3.05) is 21.2 Å². The fourth-order valence-corrected chi connectivity index (χ4v) is 1.56. The first-order valence-electron chi connectivity index (χ1n) is 5.50. The second-order valence-corrected chi connectivity index (χ2v) is 4.16. The van der Waals surface area contributed by atoms with Gasteiger partial charge in [0.1, 0.15) is 17.8 Å². The quantitative estimate of drug-likeness (QED) is 0.776. The summed E-state index contributed by atoms with van der Waals surface area (Å²) in [5, 5.41) is 9.97. The van der Waals surface area contributed by atoms with E-state index in [-0.39, 0.29) is 11.3 Å². The smallest absolute Gasteiger partial charge is 0.405 e. The number of halogens is 1. The number of primary amides is 1. The van der Waals surface area contributed by atoms with Gasteiger partial charge in [0, 0.05) is 11.6 Å². The highest BCUT2D eigenvalue weighted by Crippen LogP contribution is 2.27. The number of amides is 1. The van der Waals surface area contributed by atoms with Gasteiger partial charge in [-0.05, 0) is 26.2 Å². The predicted molar refractivity (Wildman–Crippen MR) is 66.1 cm³/mol. The maximum Gasteiger partial charge on any atom is 0.405 e. The average Bonchev–Trinajstić information content (AvgIpc) is 2.33. The number of hydrogen-bond acceptors (Lipinski definition) is 5. The number of benzene rings is 1. The second kappa shape index (κ2) is 6.35. The van der Waals surface area contributed by atoms with Crippen molar-refractivity contribution in [1.82, 2.24) is 4.90 Å². The van der Waals surface area contributed by atoms with Gasteiger partial charge in [-0.1, -0.05) is 0 Å². The number of nitrogens with two attached hydrogens (primary N) is 1. The Balaban J connectivity index is 3.16. The van der Waals surface area contributed by atoms with Gasteiger partial charge in [-0.15, -0.1) is 0 Å². The van der Waals surface area contributed by atoms with Crippen LogP contribution in [0.4, 0.5) is 9.18 Å². The van der Waals surface area contributed by atoms with Crippen LogP contribution in [0, 0.1) is 5.82 Å². The molecule has 1 amide bonds.